The molecule has 0 N–H and O–H groups in total. The van der Waals surface area contributed by atoms with Gasteiger partial charge in [-0.2, -0.15) is 0 Å². The maximum Gasteiger partial charge on any atom is 0.169 e. The summed E-state index contributed by atoms with van der Waals surface area (Å²) in [5.41, 5.74) is 1.93. The lowest BCUT2D eigenvalue weighted by Gasteiger charge is -2.12. The van der Waals surface area contributed by atoms with Gasteiger partial charge in [-0.25, -0.2) is 0 Å². The zero-order valence-corrected chi connectivity index (χ0v) is 11.4. The second kappa shape index (κ2) is 4.13. The van der Waals surface area contributed by atoms with Gasteiger partial charge in [0.05, 0.1) is 12.2 Å². The molecule has 0 aromatic heterocycles. The molecule has 0 bridgehead atoms. The van der Waals surface area contributed by atoms with Crippen molar-refractivity contribution in [2.24, 2.45) is 11.8 Å². The molecule has 0 saturated heterocycles. The molecule has 1 saturated carbocycles. The second-order valence-electron chi connectivity index (χ2n) is 5.03. The monoisotopic (exact) mass is 294 g/mol. The summed E-state index contributed by atoms with van der Waals surface area (Å²) in [5, 5.41) is 0. The van der Waals surface area contributed by atoms with Crippen LogP contribution >= 0.6 is 15.9 Å². The van der Waals surface area contributed by atoms with E-state index in [9.17, 15) is 4.79 Å². The molecule has 1 unspecified atom stereocenters. The Morgan fingerprint density at radius 3 is 2.94 bits per heavy atom. The number of hydrogen-bond donors (Lipinski definition) is 0. The Balaban J connectivity index is 1.99. The average molecular weight is 295 g/mol. The highest BCUT2D eigenvalue weighted by Gasteiger charge is 2.35. The van der Waals surface area contributed by atoms with E-state index in [0.29, 0.717) is 12.5 Å². The van der Waals surface area contributed by atoms with Gasteiger partial charge >= 0.3 is 0 Å². The topological polar surface area (TPSA) is 26.3 Å². The average Bonchev–Trinajstić information content (AvgIpc) is 3.05. The van der Waals surface area contributed by atoms with Crippen LogP contribution in [0.25, 0.3) is 0 Å². The van der Waals surface area contributed by atoms with Crippen molar-refractivity contribution in [3.8, 4) is 5.75 Å². The molecule has 3 heteroatoms. The lowest BCUT2D eigenvalue weighted by Crippen LogP contribution is -2.14. The first-order chi connectivity index (χ1) is 8.16. The van der Waals surface area contributed by atoms with E-state index in [1.165, 1.54) is 12.8 Å². The lowest BCUT2D eigenvalue weighted by molar-refractivity contribution is 0.0913. The Kier molecular flexibility index (Phi) is 2.74. The molecule has 17 heavy (non-hydrogen) atoms. The predicted octanol–water partition coefficient (Wildman–Crippen LogP) is 3.61. The lowest BCUT2D eigenvalue weighted by atomic mass is 9.93. The molecule has 0 spiro atoms. The highest BCUT2D eigenvalue weighted by molar-refractivity contribution is 9.10. The Morgan fingerprint density at radius 2 is 2.24 bits per heavy atom. The Bertz CT molecular complexity index is 477. The zero-order chi connectivity index (χ0) is 12.0. The van der Waals surface area contributed by atoms with Gasteiger partial charge in [0.2, 0.25) is 0 Å². The van der Waals surface area contributed by atoms with Gasteiger partial charge in [-0.05, 0) is 36.5 Å². The standard InChI is InChI=1S/C14H15BrO2/c1-8(9-2-3-9)13(16)12-7-11(15)6-10-4-5-17-14(10)12/h6-9H,2-5H2,1H3. The van der Waals surface area contributed by atoms with Crippen molar-refractivity contribution in [2.75, 3.05) is 6.61 Å². The molecule has 1 aliphatic carbocycles. The summed E-state index contributed by atoms with van der Waals surface area (Å²) >= 11 is 3.48. The molecule has 2 nitrogen and oxygen atoms in total. The van der Waals surface area contributed by atoms with Crippen LogP contribution in [0, 0.1) is 11.8 Å². The SMILES string of the molecule is CC(C(=O)c1cc(Br)cc2c1OCC2)C1CC1. The molecule has 1 aromatic carbocycles. The van der Waals surface area contributed by atoms with Crippen LogP contribution in [0.15, 0.2) is 16.6 Å². The van der Waals surface area contributed by atoms with E-state index in [-0.39, 0.29) is 11.7 Å². The van der Waals surface area contributed by atoms with Gasteiger partial charge in [0.15, 0.2) is 5.78 Å². The summed E-state index contributed by atoms with van der Waals surface area (Å²) in [6.45, 7) is 2.74. The van der Waals surface area contributed by atoms with E-state index in [0.717, 1.165) is 27.8 Å². The number of fused-ring (bicyclic) bond motifs is 1. The zero-order valence-electron chi connectivity index (χ0n) is 9.83. The van der Waals surface area contributed by atoms with Crippen LogP contribution in [0.2, 0.25) is 0 Å². The molecule has 2 aliphatic rings. The van der Waals surface area contributed by atoms with Crippen molar-refractivity contribution in [2.45, 2.75) is 26.2 Å². The summed E-state index contributed by atoms with van der Waals surface area (Å²) in [4.78, 5) is 12.4. The first-order valence-corrected chi connectivity index (χ1v) is 6.95. The maximum atomic E-state index is 12.4. The van der Waals surface area contributed by atoms with Gasteiger partial charge < -0.3 is 4.74 Å². The summed E-state index contributed by atoms with van der Waals surface area (Å²) in [6.07, 6.45) is 3.31. The van der Waals surface area contributed by atoms with E-state index >= 15 is 0 Å². The first kappa shape index (κ1) is 11.3. The molecular formula is C14H15BrO2. The van der Waals surface area contributed by atoms with Crippen LogP contribution in [0.5, 0.6) is 5.75 Å². The predicted molar refractivity (Wildman–Crippen MR) is 69.6 cm³/mol. The minimum absolute atomic E-state index is 0.137. The Hall–Kier alpha value is -0.830. The van der Waals surface area contributed by atoms with E-state index in [4.69, 9.17) is 4.74 Å². The van der Waals surface area contributed by atoms with Crippen molar-refractivity contribution in [3.05, 3.63) is 27.7 Å². The fourth-order valence-electron chi connectivity index (χ4n) is 2.51. The largest absolute Gasteiger partial charge is 0.492 e. The van der Waals surface area contributed by atoms with Crippen molar-refractivity contribution in [1.29, 1.82) is 0 Å². The summed E-state index contributed by atoms with van der Waals surface area (Å²) in [6, 6.07) is 3.96. The maximum absolute atomic E-state index is 12.4. The quantitative estimate of drug-likeness (QED) is 0.796. The number of Topliss-reactive ketones (excluding diaryl/α,β-unsaturated/α-hetero) is 1. The number of rotatable bonds is 3. The first-order valence-electron chi connectivity index (χ1n) is 6.16. The highest BCUT2D eigenvalue weighted by atomic mass is 79.9. The van der Waals surface area contributed by atoms with Crippen LogP contribution in [-0.4, -0.2) is 12.4 Å². The molecule has 1 aliphatic heterocycles. The van der Waals surface area contributed by atoms with Crippen LogP contribution < -0.4 is 4.74 Å². The molecule has 0 radical (unpaired) electrons. The van der Waals surface area contributed by atoms with Gasteiger partial charge in [-0.3, -0.25) is 4.79 Å². The normalized spacial score (nSPS) is 19.6. The molecule has 90 valence electrons. The van der Waals surface area contributed by atoms with Gasteiger partial charge in [-0.15, -0.1) is 0 Å². The number of hydrogen-bond acceptors (Lipinski definition) is 2. The van der Waals surface area contributed by atoms with Crippen molar-refractivity contribution >= 4 is 21.7 Å². The van der Waals surface area contributed by atoms with Crippen LogP contribution in [0.4, 0.5) is 0 Å². The Labute approximate surface area is 109 Å². The molecule has 1 heterocycles. The van der Waals surface area contributed by atoms with E-state index < -0.39 is 0 Å². The number of ether oxygens (including phenoxy) is 1. The smallest absolute Gasteiger partial charge is 0.169 e. The summed E-state index contributed by atoms with van der Waals surface area (Å²) in [5.74, 6) is 1.80. The number of benzene rings is 1. The molecule has 0 amide bonds. The number of carbonyl (C=O) groups is 1. The molecule has 3 rings (SSSR count). The second-order valence-corrected chi connectivity index (χ2v) is 5.95. The van der Waals surface area contributed by atoms with Gasteiger partial charge in [0, 0.05) is 16.8 Å². The van der Waals surface area contributed by atoms with Crippen LogP contribution in [-0.2, 0) is 6.42 Å². The third-order valence-electron chi connectivity index (χ3n) is 3.76. The van der Waals surface area contributed by atoms with Crippen LogP contribution in [0.3, 0.4) is 0 Å². The van der Waals surface area contributed by atoms with Crippen LogP contribution in [0.1, 0.15) is 35.7 Å². The number of ketones is 1. The molecule has 1 aromatic rings. The molecular weight excluding hydrogens is 280 g/mol. The molecule has 1 atom stereocenters. The van der Waals surface area contributed by atoms with Gasteiger partial charge in [-0.1, -0.05) is 22.9 Å². The molecule has 1 fully saturated rings. The highest BCUT2D eigenvalue weighted by Crippen LogP contribution is 2.41. The Morgan fingerprint density at radius 1 is 1.47 bits per heavy atom. The fourth-order valence-corrected chi connectivity index (χ4v) is 3.01. The third kappa shape index (κ3) is 2.01. The summed E-state index contributed by atoms with van der Waals surface area (Å²) in [7, 11) is 0. The van der Waals surface area contributed by atoms with Gasteiger partial charge in [0.25, 0.3) is 0 Å². The van der Waals surface area contributed by atoms with Crippen molar-refractivity contribution in [3.63, 3.8) is 0 Å². The van der Waals surface area contributed by atoms with E-state index in [1.54, 1.807) is 0 Å². The number of carbonyl (C=O) groups excluding carboxylic acids is 1. The third-order valence-corrected chi connectivity index (χ3v) is 4.21. The van der Waals surface area contributed by atoms with E-state index in [1.807, 2.05) is 13.0 Å². The minimum atomic E-state index is 0.137. The fraction of sp³-hybridized carbons (Fsp3) is 0.500. The van der Waals surface area contributed by atoms with Crippen molar-refractivity contribution < 1.29 is 9.53 Å². The van der Waals surface area contributed by atoms with Gasteiger partial charge in [0.1, 0.15) is 5.75 Å². The number of halogens is 1. The summed E-state index contributed by atoms with van der Waals surface area (Å²) < 4.78 is 6.59. The van der Waals surface area contributed by atoms with E-state index in [2.05, 4.69) is 22.0 Å². The minimum Gasteiger partial charge on any atom is -0.492 e. The van der Waals surface area contributed by atoms with Crippen molar-refractivity contribution in [1.82, 2.24) is 0 Å².